The van der Waals surface area contributed by atoms with E-state index in [0.29, 0.717) is 0 Å². The van der Waals surface area contributed by atoms with Gasteiger partial charge in [0.05, 0.1) is 0 Å². The molecule has 0 amide bonds. The maximum Gasteiger partial charge on any atom is 0.205 e. The number of nitrogens with two attached hydrogens (primary N) is 1. The van der Waals surface area contributed by atoms with E-state index in [-0.39, 0.29) is 0 Å². The zero-order valence-corrected chi connectivity index (χ0v) is 8.31. The van der Waals surface area contributed by atoms with E-state index in [4.69, 9.17) is 10.2 Å². The molecule has 0 bridgehead atoms. The van der Waals surface area contributed by atoms with E-state index in [2.05, 4.69) is 13.8 Å². The van der Waals surface area contributed by atoms with Gasteiger partial charge in [-0.25, -0.2) is 0 Å². The Kier molecular flexibility index (Phi) is 4.94. The van der Waals surface area contributed by atoms with E-state index in [1.54, 1.807) is 0 Å². The Balaban J connectivity index is 3.87. The van der Waals surface area contributed by atoms with Crippen LogP contribution in [0.3, 0.4) is 0 Å². The molecule has 2 N–H and O–H groups in total. The first-order valence-electron chi connectivity index (χ1n) is 4.08. The maximum absolute atomic E-state index is 5.69. The van der Waals surface area contributed by atoms with Crippen LogP contribution in [0, 0.1) is 0 Å². The highest BCUT2D eigenvalue weighted by Gasteiger charge is 2.28. The van der Waals surface area contributed by atoms with E-state index in [0.717, 1.165) is 24.9 Å². The average Bonchev–Trinajstić information content (AvgIpc) is 2.01. The topological polar surface area (TPSA) is 35.2 Å². The van der Waals surface area contributed by atoms with Crippen LogP contribution in [0.2, 0.25) is 12.1 Å². The summed E-state index contributed by atoms with van der Waals surface area (Å²) in [6.07, 6.45) is 0.772. The lowest BCUT2D eigenvalue weighted by Gasteiger charge is -2.26. The summed E-state index contributed by atoms with van der Waals surface area (Å²) in [4.78, 5) is 0. The highest BCUT2D eigenvalue weighted by molar-refractivity contribution is 6.73. The summed E-state index contributed by atoms with van der Waals surface area (Å²) in [6, 6.07) is 2.29. The minimum Gasteiger partial charge on any atom is -0.416 e. The van der Waals surface area contributed by atoms with Crippen LogP contribution in [0.15, 0.2) is 0 Å². The Hall–Kier alpha value is 0.137. The predicted molar refractivity (Wildman–Crippen MR) is 47.4 cm³/mol. The first-order chi connectivity index (χ1) is 4.74. The van der Waals surface area contributed by atoms with Gasteiger partial charge in [-0.05, 0) is 19.0 Å². The minimum atomic E-state index is -1.44. The van der Waals surface area contributed by atoms with Crippen molar-refractivity contribution in [1.82, 2.24) is 0 Å². The SMILES string of the molecule is CCO[Si](CC)(CC)CN. The van der Waals surface area contributed by atoms with Gasteiger partial charge >= 0.3 is 0 Å². The van der Waals surface area contributed by atoms with E-state index >= 15 is 0 Å². The Bertz CT molecular complexity index is 75.4. The fraction of sp³-hybridized carbons (Fsp3) is 1.00. The van der Waals surface area contributed by atoms with Crippen LogP contribution < -0.4 is 5.73 Å². The summed E-state index contributed by atoms with van der Waals surface area (Å²) in [6.45, 7) is 7.23. The molecule has 0 aromatic carbocycles. The van der Waals surface area contributed by atoms with Gasteiger partial charge in [-0.3, -0.25) is 0 Å². The molecule has 0 radical (unpaired) electrons. The van der Waals surface area contributed by atoms with Gasteiger partial charge in [-0.1, -0.05) is 13.8 Å². The highest BCUT2D eigenvalue weighted by atomic mass is 28.4. The van der Waals surface area contributed by atoms with Crippen molar-refractivity contribution >= 4 is 8.32 Å². The van der Waals surface area contributed by atoms with E-state index in [1.165, 1.54) is 0 Å². The molecular weight excluding hydrogens is 142 g/mol. The Morgan fingerprint density at radius 2 is 1.70 bits per heavy atom. The van der Waals surface area contributed by atoms with Gasteiger partial charge < -0.3 is 10.2 Å². The second kappa shape index (κ2) is 4.88. The molecule has 2 nitrogen and oxygen atoms in total. The molecule has 0 saturated heterocycles. The van der Waals surface area contributed by atoms with E-state index in [1.807, 2.05) is 6.92 Å². The Morgan fingerprint density at radius 1 is 1.20 bits per heavy atom. The second-order valence-corrected chi connectivity index (χ2v) is 7.00. The third kappa shape index (κ3) is 2.40. The van der Waals surface area contributed by atoms with Gasteiger partial charge in [0.2, 0.25) is 8.32 Å². The fourth-order valence-corrected chi connectivity index (χ4v) is 3.32. The molecule has 0 aromatic heterocycles. The van der Waals surface area contributed by atoms with Gasteiger partial charge in [0.15, 0.2) is 0 Å². The van der Waals surface area contributed by atoms with Crippen molar-refractivity contribution < 1.29 is 4.43 Å². The molecule has 0 rings (SSSR count). The lowest BCUT2D eigenvalue weighted by molar-refractivity contribution is 0.321. The molecule has 0 atom stereocenters. The third-order valence-electron chi connectivity index (χ3n) is 2.11. The quantitative estimate of drug-likeness (QED) is 0.620. The largest absolute Gasteiger partial charge is 0.416 e. The first-order valence-corrected chi connectivity index (χ1v) is 6.61. The van der Waals surface area contributed by atoms with Gasteiger partial charge in [0, 0.05) is 12.8 Å². The molecule has 0 fully saturated rings. The molecule has 0 heterocycles. The molecule has 3 heteroatoms. The van der Waals surface area contributed by atoms with Crippen LogP contribution in [0.25, 0.3) is 0 Å². The Labute approximate surface area is 64.9 Å². The van der Waals surface area contributed by atoms with Crippen molar-refractivity contribution in [2.45, 2.75) is 32.9 Å². The normalized spacial score (nSPS) is 12.0. The summed E-state index contributed by atoms with van der Waals surface area (Å²) in [5.41, 5.74) is 5.65. The molecule has 0 aliphatic rings. The highest BCUT2D eigenvalue weighted by Crippen LogP contribution is 2.14. The fourth-order valence-electron chi connectivity index (χ4n) is 1.11. The summed E-state index contributed by atoms with van der Waals surface area (Å²) < 4.78 is 5.69. The van der Waals surface area contributed by atoms with Crippen LogP contribution >= 0.6 is 0 Å². The maximum atomic E-state index is 5.69. The van der Waals surface area contributed by atoms with Crippen molar-refractivity contribution in [1.29, 1.82) is 0 Å². The standard InChI is InChI=1S/C7H19NOSi/c1-4-9-10(5-2,6-3)7-8/h4-8H2,1-3H3. The lowest BCUT2D eigenvalue weighted by Crippen LogP contribution is -2.45. The molecular formula is C7H19NOSi. The number of rotatable bonds is 5. The third-order valence-corrected chi connectivity index (χ3v) is 6.33. The van der Waals surface area contributed by atoms with Gasteiger partial charge in [-0.2, -0.15) is 0 Å². The zero-order chi connectivity index (χ0) is 8.04. The molecule has 10 heavy (non-hydrogen) atoms. The smallest absolute Gasteiger partial charge is 0.205 e. The van der Waals surface area contributed by atoms with E-state index < -0.39 is 8.32 Å². The first kappa shape index (κ1) is 10.1. The lowest BCUT2D eigenvalue weighted by atomic mass is 10.9. The molecule has 62 valence electrons. The van der Waals surface area contributed by atoms with Crippen LogP contribution in [0.5, 0.6) is 0 Å². The van der Waals surface area contributed by atoms with Crippen molar-refractivity contribution in [3.8, 4) is 0 Å². The summed E-state index contributed by atoms with van der Waals surface area (Å²) in [5, 5.41) is 0. The van der Waals surface area contributed by atoms with Crippen molar-refractivity contribution in [2.24, 2.45) is 5.73 Å². The van der Waals surface area contributed by atoms with Crippen molar-refractivity contribution in [3.05, 3.63) is 0 Å². The molecule has 0 spiro atoms. The average molecular weight is 161 g/mol. The molecule has 0 unspecified atom stereocenters. The molecule has 0 aliphatic carbocycles. The molecule has 0 aromatic rings. The monoisotopic (exact) mass is 161 g/mol. The summed E-state index contributed by atoms with van der Waals surface area (Å²) in [7, 11) is -1.44. The number of hydrogen-bond acceptors (Lipinski definition) is 2. The predicted octanol–water partition coefficient (Wildman–Crippen LogP) is 1.51. The van der Waals surface area contributed by atoms with Crippen LogP contribution in [0.1, 0.15) is 20.8 Å². The van der Waals surface area contributed by atoms with Crippen LogP contribution in [-0.2, 0) is 4.43 Å². The summed E-state index contributed by atoms with van der Waals surface area (Å²) >= 11 is 0. The Morgan fingerprint density at radius 3 is 1.80 bits per heavy atom. The van der Waals surface area contributed by atoms with Crippen molar-refractivity contribution in [2.75, 3.05) is 12.8 Å². The van der Waals surface area contributed by atoms with Gasteiger partial charge in [0.1, 0.15) is 0 Å². The van der Waals surface area contributed by atoms with Gasteiger partial charge in [-0.15, -0.1) is 0 Å². The summed E-state index contributed by atoms with van der Waals surface area (Å²) in [5.74, 6) is 0. The molecule has 0 aliphatic heterocycles. The van der Waals surface area contributed by atoms with E-state index in [9.17, 15) is 0 Å². The number of hydrogen-bond donors (Lipinski definition) is 1. The van der Waals surface area contributed by atoms with Crippen LogP contribution in [-0.4, -0.2) is 21.1 Å². The zero-order valence-electron chi connectivity index (χ0n) is 7.31. The molecule has 0 saturated carbocycles. The van der Waals surface area contributed by atoms with Crippen molar-refractivity contribution in [3.63, 3.8) is 0 Å². The van der Waals surface area contributed by atoms with Gasteiger partial charge in [0.25, 0.3) is 0 Å². The second-order valence-electron chi connectivity index (χ2n) is 2.53. The van der Waals surface area contributed by atoms with Crippen LogP contribution in [0.4, 0.5) is 0 Å². The minimum absolute atomic E-state index is 0.772.